The molecule has 5 nitrogen and oxygen atoms in total. The van der Waals surface area contributed by atoms with Gasteiger partial charge in [-0.3, -0.25) is 4.79 Å². The van der Waals surface area contributed by atoms with E-state index in [0.29, 0.717) is 5.69 Å². The van der Waals surface area contributed by atoms with Crippen molar-refractivity contribution >= 4 is 28.4 Å². The fraction of sp³-hybridized carbons (Fsp3) is 0.308. The molecule has 3 aromatic rings. The molecule has 1 amide bonds. The van der Waals surface area contributed by atoms with Gasteiger partial charge in [-0.1, -0.05) is 45.9 Å². The fourth-order valence-corrected chi connectivity index (χ4v) is 5.25. The minimum atomic E-state index is -4.52. The molecule has 0 fully saturated rings. The van der Waals surface area contributed by atoms with Crippen LogP contribution >= 0.6 is 0 Å². The van der Waals surface area contributed by atoms with Gasteiger partial charge in [0.05, 0.1) is 16.8 Å². The van der Waals surface area contributed by atoms with E-state index in [1.54, 1.807) is 0 Å². The summed E-state index contributed by atoms with van der Waals surface area (Å²) in [6, 6.07) is 11.0. The third kappa shape index (κ3) is 3.77. The summed E-state index contributed by atoms with van der Waals surface area (Å²) in [7, 11) is 0. The number of hydrogen-bond acceptors (Lipinski definition) is 2. The Morgan fingerprint density at radius 2 is 1.68 bits per heavy atom. The Hall–Kier alpha value is -3.55. The van der Waals surface area contributed by atoms with E-state index in [-0.39, 0.29) is 17.1 Å². The Morgan fingerprint density at radius 1 is 1.06 bits per heavy atom. The summed E-state index contributed by atoms with van der Waals surface area (Å²) in [4.78, 5) is 30.5. The van der Waals surface area contributed by atoms with Gasteiger partial charge in [0.1, 0.15) is 0 Å². The average Bonchev–Trinajstić information content (AvgIpc) is 3.10. The van der Waals surface area contributed by atoms with Crippen molar-refractivity contribution in [1.29, 1.82) is 0 Å². The monoisotopic (exact) mass is 470 g/mol. The van der Waals surface area contributed by atoms with E-state index in [0.717, 1.165) is 40.7 Å². The molecule has 8 heteroatoms. The second-order valence-corrected chi connectivity index (χ2v) is 9.47. The summed E-state index contributed by atoms with van der Waals surface area (Å²) < 4.78 is 39.0. The summed E-state index contributed by atoms with van der Waals surface area (Å²) in [6.45, 7) is 7.80. The van der Waals surface area contributed by atoms with Crippen LogP contribution in [0.2, 0.25) is 0 Å². The zero-order valence-electron chi connectivity index (χ0n) is 19.2. The molecule has 0 bridgehead atoms. The molecular weight excluding hydrogens is 445 g/mol. The molecule has 0 saturated carbocycles. The number of alkyl halides is 3. The third-order valence-corrected chi connectivity index (χ3v) is 6.48. The summed E-state index contributed by atoms with van der Waals surface area (Å²) in [5.41, 5.74) is 0.415. The van der Waals surface area contributed by atoms with Gasteiger partial charge in [-0.2, -0.15) is 13.2 Å². The Labute approximate surface area is 194 Å². The van der Waals surface area contributed by atoms with Gasteiger partial charge in [-0.15, -0.1) is 0 Å². The number of carbonyl (C=O) groups excluding carboxylic acids is 1. The smallest absolute Gasteiger partial charge is 0.416 e. The molecule has 2 aromatic carbocycles. The van der Waals surface area contributed by atoms with Crippen molar-refractivity contribution in [3.8, 4) is 0 Å². The van der Waals surface area contributed by atoms with Gasteiger partial charge in [-0.25, -0.2) is 4.79 Å². The lowest BCUT2D eigenvalue weighted by Crippen LogP contribution is -2.50. The van der Waals surface area contributed by atoms with Crippen LogP contribution in [0.15, 0.2) is 54.7 Å². The Kier molecular flexibility index (Phi) is 5.58. The number of nitrogens with one attached hydrogen (secondary N) is 1. The normalized spacial score (nSPS) is 17.9. The number of para-hydroxylation sites is 1. The molecule has 0 spiro atoms. The Morgan fingerprint density at radius 3 is 2.24 bits per heavy atom. The zero-order chi connectivity index (χ0) is 25.0. The summed E-state index contributed by atoms with van der Waals surface area (Å²) in [5.74, 6) is -1.87. The van der Waals surface area contributed by atoms with Crippen LogP contribution in [0, 0.1) is 5.92 Å². The summed E-state index contributed by atoms with van der Waals surface area (Å²) in [6.07, 6.45) is -3.21. The first-order chi connectivity index (χ1) is 15.8. The molecule has 1 unspecified atom stereocenters. The number of amides is 1. The lowest BCUT2D eigenvalue weighted by Gasteiger charge is -2.42. The number of aliphatic carboxylic acids is 1. The number of carboxylic acids is 1. The molecule has 0 radical (unpaired) electrons. The van der Waals surface area contributed by atoms with Crippen LogP contribution in [0.4, 0.5) is 13.2 Å². The van der Waals surface area contributed by atoms with Crippen molar-refractivity contribution in [1.82, 2.24) is 9.88 Å². The minimum absolute atomic E-state index is 0.0471. The van der Waals surface area contributed by atoms with Gasteiger partial charge < -0.3 is 15.0 Å². The molecule has 1 aromatic heterocycles. The van der Waals surface area contributed by atoms with Gasteiger partial charge in [0.25, 0.3) is 5.91 Å². The van der Waals surface area contributed by atoms with E-state index in [1.165, 1.54) is 11.1 Å². The Balaban J connectivity index is 1.93. The minimum Gasteiger partial charge on any atom is -0.478 e. The molecule has 4 rings (SSSR count). The van der Waals surface area contributed by atoms with Gasteiger partial charge in [0.15, 0.2) is 0 Å². The number of hydrogen-bond donors (Lipinski definition) is 2. The first-order valence-corrected chi connectivity index (χ1v) is 10.9. The van der Waals surface area contributed by atoms with E-state index in [1.807, 2.05) is 52.0 Å². The SMILES string of the molecule is CC(C)C1N(C(=O)c2ccc(C(F)(F)F)cc2)C=C(C(=O)O)c2[nH]c3ccccc3c2C1(C)C. The van der Waals surface area contributed by atoms with Gasteiger partial charge in [0, 0.05) is 34.1 Å². The van der Waals surface area contributed by atoms with Crippen molar-refractivity contribution in [2.45, 2.75) is 45.3 Å². The van der Waals surface area contributed by atoms with Crippen LogP contribution in [-0.2, 0) is 16.4 Å². The largest absolute Gasteiger partial charge is 0.478 e. The number of fused-ring (bicyclic) bond motifs is 3. The number of aromatic nitrogens is 1. The number of aromatic amines is 1. The highest BCUT2D eigenvalue weighted by atomic mass is 19.4. The van der Waals surface area contributed by atoms with E-state index in [4.69, 9.17) is 0 Å². The van der Waals surface area contributed by atoms with Crippen molar-refractivity contribution in [3.05, 3.63) is 77.1 Å². The lowest BCUT2D eigenvalue weighted by atomic mass is 9.71. The van der Waals surface area contributed by atoms with Gasteiger partial charge in [-0.05, 0) is 41.8 Å². The number of carbonyl (C=O) groups is 2. The maximum atomic E-state index is 13.6. The standard InChI is InChI=1S/C26H25F3N2O3/c1-14(2)22-25(3,4)20-17-7-5-6-8-19(17)30-21(20)18(24(33)34)13-31(22)23(32)15-9-11-16(12-10-15)26(27,28)29/h5-14,22,30H,1-4H3,(H,33,34). The van der Waals surface area contributed by atoms with Crippen molar-refractivity contribution in [2.75, 3.05) is 0 Å². The third-order valence-electron chi connectivity index (χ3n) is 6.48. The first kappa shape index (κ1) is 23.6. The van der Waals surface area contributed by atoms with Crippen LogP contribution in [0.25, 0.3) is 16.5 Å². The number of halogens is 3. The predicted octanol–water partition coefficient (Wildman–Crippen LogP) is 6.07. The second kappa shape index (κ2) is 8.04. The maximum absolute atomic E-state index is 13.6. The molecule has 0 aliphatic carbocycles. The van der Waals surface area contributed by atoms with E-state index < -0.39 is 35.1 Å². The molecule has 0 saturated heterocycles. The van der Waals surface area contributed by atoms with Crippen molar-refractivity contribution in [3.63, 3.8) is 0 Å². The number of H-pyrrole nitrogens is 1. The van der Waals surface area contributed by atoms with E-state index >= 15 is 0 Å². The van der Waals surface area contributed by atoms with Crippen LogP contribution < -0.4 is 0 Å². The summed E-state index contributed by atoms with van der Waals surface area (Å²) >= 11 is 0. The topological polar surface area (TPSA) is 73.4 Å². The van der Waals surface area contributed by atoms with Gasteiger partial charge >= 0.3 is 12.1 Å². The quantitative estimate of drug-likeness (QED) is 0.488. The molecule has 2 heterocycles. The molecule has 178 valence electrons. The highest BCUT2D eigenvalue weighted by Crippen LogP contribution is 2.45. The van der Waals surface area contributed by atoms with Crippen LogP contribution in [0.3, 0.4) is 0 Å². The van der Waals surface area contributed by atoms with Gasteiger partial charge in [0.2, 0.25) is 0 Å². The average molecular weight is 470 g/mol. The molecule has 1 atom stereocenters. The highest BCUT2D eigenvalue weighted by molar-refractivity contribution is 6.17. The predicted molar refractivity (Wildman–Crippen MR) is 123 cm³/mol. The lowest BCUT2D eigenvalue weighted by molar-refractivity contribution is -0.137. The molecule has 34 heavy (non-hydrogen) atoms. The number of carboxylic acid groups (broad SMARTS) is 1. The molecule has 1 aliphatic heterocycles. The van der Waals surface area contributed by atoms with Crippen molar-refractivity contribution in [2.24, 2.45) is 5.92 Å². The molecular formula is C26H25F3N2O3. The van der Waals surface area contributed by atoms with Crippen LogP contribution in [-0.4, -0.2) is 32.9 Å². The zero-order valence-corrected chi connectivity index (χ0v) is 19.2. The van der Waals surface area contributed by atoms with Crippen LogP contribution in [0.1, 0.15) is 54.9 Å². The first-order valence-electron chi connectivity index (χ1n) is 10.9. The van der Waals surface area contributed by atoms with E-state index in [9.17, 15) is 27.9 Å². The maximum Gasteiger partial charge on any atom is 0.416 e. The molecule has 1 aliphatic rings. The Bertz CT molecular complexity index is 1300. The number of benzene rings is 2. The van der Waals surface area contributed by atoms with Crippen LogP contribution in [0.5, 0.6) is 0 Å². The van der Waals surface area contributed by atoms with E-state index in [2.05, 4.69) is 4.98 Å². The fourth-order valence-electron chi connectivity index (χ4n) is 5.25. The number of nitrogens with zero attached hydrogens (tertiary/aromatic N) is 1. The highest BCUT2D eigenvalue weighted by Gasteiger charge is 2.45. The number of rotatable bonds is 3. The molecule has 2 N–H and O–H groups in total. The van der Waals surface area contributed by atoms with Crippen molar-refractivity contribution < 1.29 is 27.9 Å². The second-order valence-electron chi connectivity index (χ2n) is 9.47. The summed E-state index contributed by atoms with van der Waals surface area (Å²) in [5, 5.41) is 10.9.